The first-order valence-corrected chi connectivity index (χ1v) is 8.36. The second-order valence-electron chi connectivity index (χ2n) is 5.42. The first-order chi connectivity index (χ1) is 12.2. The smallest absolute Gasteiger partial charge is 0.258 e. The van der Waals surface area contributed by atoms with E-state index in [1.165, 1.54) is 0 Å². The highest BCUT2D eigenvalue weighted by Crippen LogP contribution is 2.24. The molecular weight excluding hydrogens is 338 g/mol. The molecule has 0 saturated carbocycles. The van der Waals surface area contributed by atoms with Gasteiger partial charge in [0.2, 0.25) is 0 Å². The van der Waals surface area contributed by atoms with Crippen molar-refractivity contribution in [1.82, 2.24) is 5.32 Å². The Morgan fingerprint density at radius 1 is 0.920 bits per heavy atom. The Morgan fingerprint density at radius 2 is 1.68 bits per heavy atom. The highest BCUT2D eigenvalue weighted by Gasteiger charge is 2.05. The number of rotatable bonds is 7. The number of fused-ring (bicyclic) bond motifs is 1. The fourth-order valence-electron chi connectivity index (χ4n) is 2.41. The minimum absolute atomic E-state index is 0.0328. The Morgan fingerprint density at radius 3 is 2.52 bits per heavy atom. The lowest BCUT2D eigenvalue weighted by molar-refractivity contribution is -0.123. The summed E-state index contributed by atoms with van der Waals surface area (Å²) in [6.07, 6.45) is 0. The monoisotopic (exact) mass is 355 g/mol. The normalized spacial score (nSPS) is 10.4. The zero-order valence-electron chi connectivity index (χ0n) is 13.6. The largest absolute Gasteiger partial charge is 0.492 e. The zero-order valence-corrected chi connectivity index (χ0v) is 14.3. The van der Waals surface area contributed by atoms with Crippen molar-refractivity contribution in [2.45, 2.75) is 0 Å². The van der Waals surface area contributed by atoms with Crippen LogP contribution in [-0.2, 0) is 4.79 Å². The molecule has 0 heterocycles. The number of carbonyl (C=O) groups excluding carboxylic acids is 1. The molecular formula is C20H18ClNO3. The number of ether oxygens (including phenoxy) is 2. The molecule has 0 spiro atoms. The second kappa shape index (κ2) is 8.40. The first kappa shape index (κ1) is 17.1. The van der Waals surface area contributed by atoms with E-state index in [2.05, 4.69) is 5.32 Å². The lowest BCUT2D eigenvalue weighted by atomic mass is 10.1. The number of carbonyl (C=O) groups is 1. The van der Waals surface area contributed by atoms with Crippen molar-refractivity contribution < 1.29 is 14.3 Å². The van der Waals surface area contributed by atoms with Gasteiger partial charge in [-0.25, -0.2) is 0 Å². The number of benzene rings is 3. The molecule has 0 radical (unpaired) electrons. The topological polar surface area (TPSA) is 47.6 Å². The van der Waals surface area contributed by atoms with Crippen molar-refractivity contribution in [3.63, 3.8) is 0 Å². The van der Waals surface area contributed by atoms with Crippen LogP contribution < -0.4 is 14.8 Å². The summed E-state index contributed by atoms with van der Waals surface area (Å²) < 4.78 is 11.2. The predicted octanol–water partition coefficient (Wildman–Crippen LogP) is 4.07. The number of amides is 1. The Hall–Kier alpha value is -2.72. The lowest BCUT2D eigenvalue weighted by Gasteiger charge is -2.10. The highest BCUT2D eigenvalue weighted by molar-refractivity contribution is 6.30. The molecule has 0 aliphatic rings. The van der Waals surface area contributed by atoms with Crippen LogP contribution in [0.4, 0.5) is 0 Å². The van der Waals surface area contributed by atoms with Crippen LogP contribution in [-0.4, -0.2) is 25.7 Å². The zero-order chi connectivity index (χ0) is 17.5. The fraction of sp³-hybridized carbons (Fsp3) is 0.150. The van der Waals surface area contributed by atoms with E-state index in [-0.39, 0.29) is 12.5 Å². The molecule has 0 atom stereocenters. The maximum absolute atomic E-state index is 11.9. The van der Waals surface area contributed by atoms with Crippen molar-refractivity contribution in [3.8, 4) is 11.5 Å². The molecule has 128 valence electrons. The molecule has 1 amide bonds. The van der Waals surface area contributed by atoms with Gasteiger partial charge in [-0.2, -0.15) is 0 Å². The van der Waals surface area contributed by atoms with Crippen molar-refractivity contribution in [3.05, 3.63) is 71.8 Å². The van der Waals surface area contributed by atoms with Crippen molar-refractivity contribution in [2.75, 3.05) is 19.8 Å². The summed E-state index contributed by atoms with van der Waals surface area (Å²) in [4.78, 5) is 11.9. The van der Waals surface area contributed by atoms with Crippen LogP contribution in [0.2, 0.25) is 5.02 Å². The molecule has 0 aliphatic heterocycles. The van der Waals surface area contributed by atoms with E-state index >= 15 is 0 Å². The Labute approximate surface area is 151 Å². The van der Waals surface area contributed by atoms with E-state index in [0.29, 0.717) is 29.7 Å². The minimum atomic E-state index is -0.187. The number of nitrogens with one attached hydrogen (secondary N) is 1. The van der Waals surface area contributed by atoms with Gasteiger partial charge in [-0.3, -0.25) is 4.79 Å². The third-order valence-electron chi connectivity index (χ3n) is 3.61. The number of hydrogen-bond donors (Lipinski definition) is 1. The molecule has 25 heavy (non-hydrogen) atoms. The summed E-state index contributed by atoms with van der Waals surface area (Å²) in [5.41, 5.74) is 0. The SMILES string of the molecule is O=C(COc1cccc2ccccc12)NCCOc1ccc(Cl)cc1. The highest BCUT2D eigenvalue weighted by atomic mass is 35.5. The lowest BCUT2D eigenvalue weighted by Crippen LogP contribution is -2.32. The van der Waals surface area contributed by atoms with E-state index in [0.717, 1.165) is 10.8 Å². The van der Waals surface area contributed by atoms with Gasteiger partial charge in [0.25, 0.3) is 5.91 Å². The molecule has 0 unspecified atom stereocenters. The van der Waals surface area contributed by atoms with Gasteiger partial charge in [0, 0.05) is 10.4 Å². The summed E-state index contributed by atoms with van der Waals surface area (Å²) in [6.45, 7) is 0.747. The second-order valence-corrected chi connectivity index (χ2v) is 5.85. The van der Waals surface area contributed by atoms with E-state index in [4.69, 9.17) is 21.1 Å². The number of hydrogen-bond acceptors (Lipinski definition) is 3. The van der Waals surface area contributed by atoms with Crippen LogP contribution in [0.5, 0.6) is 11.5 Å². The molecule has 0 aliphatic carbocycles. The molecule has 5 heteroatoms. The third kappa shape index (κ3) is 4.88. The van der Waals surface area contributed by atoms with E-state index < -0.39 is 0 Å². The summed E-state index contributed by atoms with van der Waals surface area (Å²) in [6, 6.07) is 20.8. The Balaban J connectivity index is 1.42. The van der Waals surface area contributed by atoms with E-state index in [1.54, 1.807) is 24.3 Å². The Kier molecular flexibility index (Phi) is 5.75. The molecule has 0 saturated heterocycles. The van der Waals surface area contributed by atoms with Crippen molar-refractivity contribution in [1.29, 1.82) is 0 Å². The molecule has 0 fully saturated rings. The molecule has 3 aromatic rings. The van der Waals surface area contributed by atoms with Crippen LogP contribution in [0, 0.1) is 0 Å². The average Bonchev–Trinajstić information content (AvgIpc) is 2.65. The molecule has 4 nitrogen and oxygen atoms in total. The van der Waals surface area contributed by atoms with Gasteiger partial charge < -0.3 is 14.8 Å². The van der Waals surface area contributed by atoms with Gasteiger partial charge in [-0.05, 0) is 35.7 Å². The van der Waals surface area contributed by atoms with Gasteiger partial charge in [0.1, 0.15) is 18.1 Å². The molecule has 0 aromatic heterocycles. The standard InChI is InChI=1S/C20H18ClNO3/c21-16-8-10-17(11-9-16)24-13-12-22-20(23)14-25-19-7-3-5-15-4-1-2-6-18(15)19/h1-11H,12-14H2,(H,22,23). The molecule has 0 bridgehead atoms. The van der Waals surface area contributed by atoms with E-state index in [9.17, 15) is 4.79 Å². The predicted molar refractivity (Wildman–Crippen MR) is 99.4 cm³/mol. The first-order valence-electron chi connectivity index (χ1n) is 7.98. The maximum Gasteiger partial charge on any atom is 0.258 e. The third-order valence-corrected chi connectivity index (χ3v) is 3.87. The van der Waals surface area contributed by atoms with Crippen LogP contribution in [0.1, 0.15) is 0 Å². The van der Waals surface area contributed by atoms with Crippen molar-refractivity contribution >= 4 is 28.3 Å². The molecule has 3 rings (SSSR count). The van der Waals surface area contributed by atoms with Crippen LogP contribution in [0.3, 0.4) is 0 Å². The average molecular weight is 356 g/mol. The minimum Gasteiger partial charge on any atom is -0.492 e. The fourth-order valence-corrected chi connectivity index (χ4v) is 2.53. The number of halogens is 1. The van der Waals surface area contributed by atoms with Gasteiger partial charge in [0.15, 0.2) is 6.61 Å². The maximum atomic E-state index is 11.9. The van der Waals surface area contributed by atoms with Gasteiger partial charge in [0.05, 0.1) is 6.54 Å². The van der Waals surface area contributed by atoms with Gasteiger partial charge >= 0.3 is 0 Å². The molecule has 1 N–H and O–H groups in total. The molecule has 3 aromatic carbocycles. The van der Waals surface area contributed by atoms with Gasteiger partial charge in [-0.15, -0.1) is 0 Å². The van der Waals surface area contributed by atoms with E-state index in [1.807, 2.05) is 42.5 Å². The summed E-state index contributed by atoms with van der Waals surface area (Å²) in [7, 11) is 0. The van der Waals surface area contributed by atoms with Gasteiger partial charge in [-0.1, -0.05) is 48.0 Å². The van der Waals surface area contributed by atoms with Crippen molar-refractivity contribution in [2.24, 2.45) is 0 Å². The Bertz CT molecular complexity index is 844. The summed E-state index contributed by atoms with van der Waals surface area (Å²) in [5.74, 6) is 1.23. The summed E-state index contributed by atoms with van der Waals surface area (Å²) >= 11 is 5.81. The summed E-state index contributed by atoms with van der Waals surface area (Å²) in [5, 5.41) is 5.50. The van der Waals surface area contributed by atoms with Crippen LogP contribution >= 0.6 is 11.6 Å². The van der Waals surface area contributed by atoms with Crippen LogP contribution in [0.15, 0.2) is 66.7 Å². The quantitative estimate of drug-likeness (QED) is 0.650. The van der Waals surface area contributed by atoms with Crippen LogP contribution in [0.25, 0.3) is 10.8 Å².